The van der Waals surface area contributed by atoms with E-state index in [1.807, 2.05) is 0 Å². The van der Waals surface area contributed by atoms with E-state index in [1.54, 1.807) is 6.07 Å². The predicted octanol–water partition coefficient (Wildman–Crippen LogP) is 0.837. The maximum absolute atomic E-state index is 14.2. The lowest BCUT2D eigenvalue weighted by molar-refractivity contribution is 0.0682. The van der Waals surface area contributed by atoms with Crippen LogP contribution in [0, 0.1) is 11.3 Å². The van der Waals surface area contributed by atoms with Gasteiger partial charge in [0.25, 0.3) is 5.56 Å². The number of carbonyl (C=O) groups excluding carboxylic acids is 1. The molecule has 9 heteroatoms. The average molecular weight is 335 g/mol. The topological polar surface area (TPSA) is 111 Å². The number of hydrogen-bond donors (Lipinski definition) is 2. The van der Waals surface area contributed by atoms with Crippen LogP contribution >= 0.6 is 0 Å². The van der Waals surface area contributed by atoms with Crippen LogP contribution in [0.2, 0.25) is 0 Å². The zero-order valence-electron chi connectivity index (χ0n) is 13.0. The van der Waals surface area contributed by atoms with E-state index >= 15 is 0 Å². The number of carbonyl (C=O) groups is 1. The summed E-state index contributed by atoms with van der Waals surface area (Å²) in [6.45, 7) is 0.000253. The fourth-order valence-corrected chi connectivity index (χ4v) is 3.19. The number of aromatic nitrogens is 2. The van der Waals surface area contributed by atoms with Gasteiger partial charge in [-0.25, -0.2) is 14.3 Å². The second-order valence-corrected chi connectivity index (χ2v) is 6.06. The molecular formula is C15H18FN5O3. The first kappa shape index (κ1) is 16.2. The zero-order chi connectivity index (χ0) is 17.1. The Kier molecular flexibility index (Phi) is 4.64. The molecule has 2 atom stereocenters. The number of aromatic amines is 1. The second-order valence-electron chi connectivity index (χ2n) is 6.06. The molecule has 1 saturated carbocycles. The number of ether oxygens (including phenoxy) is 1. The Morgan fingerprint density at radius 2 is 2.21 bits per heavy atom. The van der Waals surface area contributed by atoms with Gasteiger partial charge in [0.2, 0.25) is 0 Å². The highest BCUT2D eigenvalue weighted by Crippen LogP contribution is 2.25. The van der Waals surface area contributed by atoms with Crippen molar-refractivity contribution in [2.75, 3.05) is 18.0 Å². The lowest BCUT2D eigenvalue weighted by Crippen LogP contribution is -2.38. The average Bonchev–Trinajstić information content (AvgIpc) is 3.17. The lowest BCUT2D eigenvalue weighted by Gasteiger charge is -2.19. The van der Waals surface area contributed by atoms with Crippen LogP contribution in [0.1, 0.15) is 31.2 Å². The molecule has 1 saturated heterocycles. The van der Waals surface area contributed by atoms with Crippen molar-refractivity contribution in [1.29, 1.82) is 5.26 Å². The van der Waals surface area contributed by atoms with Crippen molar-refractivity contribution in [2.45, 2.75) is 44.0 Å². The molecule has 0 spiro atoms. The standard InChI is InChI=1S/C15H18FN5O3/c16-11-7-21(12-6-18-20-14(22)10(12)5-17)8-13(11)24-15(23)19-9-3-1-2-4-9/h6,9,11,13H,1-4,7-8H2,(H,19,23)(H,20,22)/t11-,13-/m0/s1. The van der Waals surface area contributed by atoms with Crippen LogP contribution < -0.4 is 15.8 Å². The Labute approximate surface area is 137 Å². The van der Waals surface area contributed by atoms with E-state index in [0.717, 1.165) is 25.7 Å². The number of rotatable bonds is 3. The number of anilines is 1. The molecule has 24 heavy (non-hydrogen) atoms. The number of nitriles is 1. The van der Waals surface area contributed by atoms with Crippen molar-refractivity contribution in [2.24, 2.45) is 0 Å². The normalized spacial score (nSPS) is 23.9. The smallest absolute Gasteiger partial charge is 0.407 e. The molecule has 2 fully saturated rings. The molecule has 1 aliphatic heterocycles. The maximum atomic E-state index is 14.2. The third-order valence-electron chi connectivity index (χ3n) is 4.42. The van der Waals surface area contributed by atoms with Gasteiger partial charge in [0.15, 0.2) is 12.3 Å². The molecular weight excluding hydrogens is 317 g/mol. The molecule has 128 valence electrons. The molecule has 3 rings (SSSR count). The molecule has 1 amide bonds. The molecule has 2 heterocycles. The number of H-pyrrole nitrogens is 1. The van der Waals surface area contributed by atoms with E-state index in [-0.39, 0.29) is 30.4 Å². The Morgan fingerprint density at radius 1 is 1.46 bits per heavy atom. The van der Waals surface area contributed by atoms with E-state index in [2.05, 4.69) is 15.5 Å². The molecule has 2 N–H and O–H groups in total. The number of nitrogens with zero attached hydrogens (tertiary/aromatic N) is 3. The minimum Gasteiger partial charge on any atom is -0.441 e. The van der Waals surface area contributed by atoms with Crippen LogP contribution in [0.4, 0.5) is 14.9 Å². The van der Waals surface area contributed by atoms with E-state index in [0.29, 0.717) is 0 Å². The summed E-state index contributed by atoms with van der Waals surface area (Å²) in [6.07, 6.45) is 2.29. The summed E-state index contributed by atoms with van der Waals surface area (Å²) in [5.74, 6) is 0. The quantitative estimate of drug-likeness (QED) is 0.846. The first-order valence-electron chi connectivity index (χ1n) is 7.92. The summed E-state index contributed by atoms with van der Waals surface area (Å²) in [5, 5.41) is 17.6. The zero-order valence-corrected chi connectivity index (χ0v) is 13.0. The molecule has 1 aliphatic carbocycles. The number of hydrogen-bond acceptors (Lipinski definition) is 6. The van der Waals surface area contributed by atoms with Crippen LogP contribution in [0.3, 0.4) is 0 Å². The maximum Gasteiger partial charge on any atom is 0.407 e. The summed E-state index contributed by atoms with van der Waals surface area (Å²) in [7, 11) is 0. The summed E-state index contributed by atoms with van der Waals surface area (Å²) in [4.78, 5) is 25.0. The van der Waals surface area contributed by atoms with Gasteiger partial charge in [-0.2, -0.15) is 10.4 Å². The molecule has 1 aromatic rings. The van der Waals surface area contributed by atoms with Gasteiger partial charge in [-0.15, -0.1) is 0 Å². The number of nitrogens with one attached hydrogen (secondary N) is 2. The van der Waals surface area contributed by atoms with Crippen LogP contribution in [0.25, 0.3) is 0 Å². The molecule has 2 aliphatic rings. The van der Waals surface area contributed by atoms with Gasteiger partial charge in [0.1, 0.15) is 11.6 Å². The Balaban J connectivity index is 1.64. The third-order valence-corrected chi connectivity index (χ3v) is 4.42. The third kappa shape index (κ3) is 3.32. The summed E-state index contributed by atoms with van der Waals surface area (Å²) >= 11 is 0. The first-order chi connectivity index (χ1) is 11.6. The fourth-order valence-electron chi connectivity index (χ4n) is 3.19. The van der Waals surface area contributed by atoms with Crippen molar-refractivity contribution in [3.05, 3.63) is 22.1 Å². The Hall–Kier alpha value is -2.63. The van der Waals surface area contributed by atoms with Gasteiger partial charge in [0, 0.05) is 6.04 Å². The molecule has 0 aromatic carbocycles. The van der Waals surface area contributed by atoms with Gasteiger partial charge in [-0.1, -0.05) is 12.8 Å². The lowest BCUT2D eigenvalue weighted by atomic mass is 10.2. The molecule has 1 aromatic heterocycles. The van der Waals surface area contributed by atoms with Gasteiger partial charge in [0.05, 0.1) is 25.0 Å². The van der Waals surface area contributed by atoms with Crippen LogP contribution in [-0.2, 0) is 4.74 Å². The van der Waals surface area contributed by atoms with E-state index in [1.165, 1.54) is 11.1 Å². The second kappa shape index (κ2) is 6.86. The van der Waals surface area contributed by atoms with Crippen LogP contribution in [0.5, 0.6) is 0 Å². The van der Waals surface area contributed by atoms with Gasteiger partial charge >= 0.3 is 6.09 Å². The fraction of sp³-hybridized carbons (Fsp3) is 0.600. The largest absolute Gasteiger partial charge is 0.441 e. The van der Waals surface area contributed by atoms with Crippen molar-refractivity contribution in [1.82, 2.24) is 15.5 Å². The molecule has 0 unspecified atom stereocenters. The summed E-state index contributed by atoms with van der Waals surface area (Å²) < 4.78 is 19.4. The van der Waals surface area contributed by atoms with Gasteiger partial charge in [-0.3, -0.25) is 4.79 Å². The monoisotopic (exact) mass is 335 g/mol. The van der Waals surface area contributed by atoms with Crippen molar-refractivity contribution in [3.8, 4) is 6.07 Å². The highest BCUT2D eigenvalue weighted by Gasteiger charge is 2.37. The van der Waals surface area contributed by atoms with Gasteiger partial charge in [-0.05, 0) is 12.8 Å². The molecule has 8 nitrogen and oxygen atoms in total. The minimum absolute atomic E-state index is 0.0683. The number of alkyl carbamates (subject to hydrolysis) is 1. The first-order valence-corrected chi connectivity index (χ1v) is 7.92. The highest BCUT2D eigenvalue weighted by molar-refractivity contribution is 5.68. The van der Waals surface area contributed by atoms with Gasteiger partial charge < -0.3 is 15.0 Å². The van der Waals surface area contributed by atoms with Crippen LogP contribution in [0.15, 0.2) is 11.0 Å². The van der Waals surface area contributed by atoms with E-state index < -0.39 is 23.9 Å². The predicted molar refractivity (Wildman–Crippen MR) is 82.3 cm³/mol. The summed E-state index contributed by atoms with van der Waals surface area (Å²) in [6, 6.07) is 1.88. The SMILES string of the molecule is N#Cc1c(N2C[C@H](OC(=O)NC3CCCC3)[C@@H](F)C2)cn[nH]c1=O. The minimum atomic E-state index is -1.40. The summed E-state index contributed by atoms with van der Waals surface area (Å²) in [5.41, 5.74) is -0.520. The van der Waals surface area contributed by atoms with E-state index in [4.69, 9.17) is 10.00 Å². The van der Waals surface area contributed by atoms with Crippen LogP contribution in [-0.4, -0.2) is 47.7 Å². The van der Waals surface area contributed by atoms with Crippen molar-refractivity contribution >= 4 is 11.8 Å². The number of amides is 1. The number of halogens is 1. The Bertz CT molecular complexity index is 710. The molecule has 0 radical (unpaired) electrons. The van der Waals surface area contributed by atoms with Crippen molar-refractivity contribution in [3.63, 3.8) is 0 Å². The number of alkyl halides is 1. The molecule has 0 bridgehead atoms. The van der Waals surface area contributed by atoms with E-state index in [9.17, 15) is 14.0 Å². The van der Waals surface area contributed by atoms with Crippen molar-refractivity contribution < 1.29 is 13.9 Å². The Morgan fingerprint density at radius 3 is 2.92 bits per heavy atom. The highest BCUT2D eigenvalue weighted by atomic mass is 19.1.